The molecule has 1 aliphatic carbocycles. The molecule has 3 N–H and O–H groups in total. The van der Waals surface area contributed by atoms with Gasteiger partial charge in [0.15, 0.2) is 0 Å². The van der Waals surface area contributed by atoms with Crippen LogP contribution in [0.25, 0.3) is 21.7 Å². The number of nitrogens with one attached hydrogen (secondary N) is 2. The summed E-state index contributed by atoms with van der Waals surface area (Å²) >= 11 is 0. The zero-order chi connectivity index (χ0) is 26.3. The van der Waals surface area contributed by atoms with Gasteiger partial charge in [-0.15, -0.1) is 0 Å². The second kappa shape index (κ2) is 12.0. The van der Waals surface area contributed by atoms with Gasteiger partial charge in [-0.2, -0.15) is 5.26 Å². The highest BCUT2D eigenvalue weighted by Gasteiger charge is 2.26. The van der Waals surface area contributed by atoms with Crippen molar-refractivity contribution in [2.45, 2.75) is 38.1 Å². The van der Waals surface area contributed by atoms with Crippen LogP contribution >= 0.6 is 0 Å². The van der Waals surface area contributed by atoms with E-state index in [-0.39, 0.29) is 5.56 Å². The topological polar surface area (TPSA) is 120 Å². The van der Waals surface area contributed by atoms with Crippen LogP contribution in [-0.2, 0) is 11.3 Å². The summed E-state index contributed by atoms with van der Waals surface area (Å²) in [6.45, 7) is 3.47. The van der Waals surface area contributed by atoms with E-state index in [4.69, 9.17) is 4.74 Å². The van der Waals surface area contributed by atoms with Gasteiger partial charge in [0.2, 0.25) is 0 Å². The number of fused-ring (bicyclic) bond motifs is 3. The third kappa shape index (κ3) is 6.08. The van der Waals surface area contributed by atoms with Crippen LogP contribution < -0.4 is 10.6 Å². The van der Waals surface area contributed by atoms with Crippen molar-refractivity contribution in [2.24, 2.45) is 0 Å². The lowest BCUT2D eigenvalue weighted by atomic mass is 10.0. The van der Waals surface area contributed by atoms with E-state index in [0.29, 0.717) is 37.0 Å². The molecule has 8 nitrogen and oxygen atoms in total. The van der Waals surface area contributed by atoms with Gasteiger partial charge in [-0.1, -0.05) is 18.2 Å². The van der Waals surface area contributed by atoms with Gasteiger partial charge in [-0.05, 0) is 73.5 Å². The second-order valence-electron chi connectivity index (χ2n) is 9.65. The van der Waals surface area contributed by atoms with Crippen LogP contribution in [0, 0.1) is 11.3 Å². The van der Waals surface area contributed by atoms with Crippen molar-refractivity contribution < 1.29 is 14.6 Å². The summed E-state index contributed by atoms with van der Waals surface area (Å²) in [5, 5.41) is 28.3. The molecule has 0 bridgehead atoms. The molecular weight excluding hydrogens is 478 g/mol. The number of carboxylic acid groups (broad SMARTS) is 1. The summed E-state index contributed by atoms with van der Waals surface area (Å²) in [5.41, 5.74) is 4.00. The van der Waals surface area contributed by atoms with Crippen molar-refractivity contribution in [1.29, 1.82) is 5.26 Å². The highest BCUT2D eigenvalue weighted by atomic mass is 16.5. The minimum Gasteiger partial charge on any atom is -0.478 e. The lowest BCUT2D eigenvalue weighted by Gasteiger charge is -2.12. The first-order valence-corrected chi connectivity index (χ1v) is 13.1. The first-order valence-electron chi connectivity index (χ1n) is 13.1. The Morgan fingerprint density at radius 3 is 2.76 bits per heavy atom. The van der Waals surface area contributed by atoms with Crippen LogP contribution in [0.15, 0.2) is 54.9 Å². The highest BCUT2D eigenvalue weighted by Crippen LogP contribution is 2.41. The molecule has 0 aliphatic heterocycles. The van der Waals surface area contributed by atoms with Gasteiger partial charge in [0.25, 0.3) is 0 Å². The van der Waals surface area contributed by atoms with E-state index in [2.05, 4.69) is 38.8 Å². The molecule has 38 heavy (non-hydrogen) atoms. The Labute approximate surface area is 221 Å². The van der Waals surface area contributed by atoms with Crippen LogP contribution in [-0.4, -0.2) is 47.3 Å². The zero-order valence-corrected chi connectivity index (χ0v) is 21.2. The molecule has 194 valence electrons. The number of ether oxygens (including phenoxy) is 1. The number of carboxylic acids is 1. The maximum Gasteiger partial charge on any atom is 0.335 e. The normalized spacial score (nSPS) is 13.0. The molecule has 2 heterocycles. The van der Waals surface area contributed by atoms with E-state index in [9.17, 15) is 15.2 Å². The number of unbranched alkanes of at least 4 members (excludes halogenated alkanes) is 1. The van der Waals surface area contributed by atoms with E-state index in [1.807, 2.05) is 12.1 Å². The summed E-state index contributed by atoms with van der Waals surface area (Å²) in [4.78, 5) is 20.3. The molecule has 0 amide bonds. The number of anilines is 1. The quantitative estimate of drug-likeness (QED) is 0.166. The summed E-state index contributed by atoms with van der Waals surface area (Å²) in [6.07, 6.45) is 7.87. The van der Waals surface area contributed by atoms with Crippen molar-refractivity contribution in [3.05, 3.63) is 77.1 Å². The van der Waals surface area contributed by atoms with Gasteiger partial charge in [0.1, 0.15) is 5.82 Å². The van der Waals surface area contributed by atoms with Crippen LogP contribution in [0.4, 0.5) is 5.82 Å². The molecule has 2 aromatic heterocycles. The van der Waals surface area contributed by atoms with Crippen molar-refractivity contribution >= 4 is 33.5 Å². The van der Waals surface area contributed by atoms with Crippen molar-refractivity contribution in [1.82, 2.24) is 15.3 Å². The van der Waals surface area contributed by atoms with Gasteiger partial charge in [0, 0.05) is 48.2 Å². The van der Waals surface area contributed by atoms with Gasteiger partial charge < -0.3 is 20.5 Å². The average molecular weight is 510 g/mol. The molecule has 0 spiro atoms. The van der Waals surface area contributed by atoms with Crippen molar-refractivity contribution in [2.75, 3.05) is 31.6 Å². The van der Waals surface area contributed by atoms with E-state index < -0.39 is 5.97 Å². The van der Waals surface area contributed by atoms with E-state index in [1.54, 1.807) is 30.6 Å². The monoisotopic (exact) mass is 509 g/mol. The SMILES string of the molecule is N#Cc1cc(CNCCCCOCCNc2nc3cc(C(=O)O)ccc3c3cnccc23)ccc1C1CC1. The number of aromatic nitrogens is 2. The number of aromatic carboxylic acids is 1. The second-order valence-corrected chi connectivity index (χ2v) is 9.65. The predicted octanol–water partition coefficient (Wildman–Crippen LogP) is 5.23. The maximum atomic E-state index is 11.4. The molecule has 8 heteroatoms. The number of carbonyl (C=O) groups is 1. The summed E-state index contributed by atoms with van der Waals surface area (Å²) in [5.74, 6) is 0.304. The largest absolute Gasteiger partial charge is 0.478 e. The maximum absolute atomic E-state index is 11.4. The Hall–Kier alpha value is -4.06. The summed E-state index contributed by atoms with van der Waals surface area (Å²) in [7, 11) is 0. The Kier molecular flexibility index (Phi) is 8.07. The van der Waals surface area contributed by atoms with E-state index >= 15 is 0 Å². The van der Waals surface area contributed by atoms with Crippen LogP contribution in [0.1, 0.15) is 58.6 Å². The molecule has 1 fully saturated rings. The predicted molar refractivity (Wildman–Crippen MR) is 147 cm³/mol. The van der Waals surface area contributed by atoms with Crippen LogP contribution in [0.3, 0.4) is 0 Å². The molecule has 4 aromatic rings. The number of rotatable bonds is 13. The van der Waals surface area contributed by atoms with Gasteiger partial charge in [0.05, 0.1) is 29.3 Å². The van der Waals surface area contributed by atoms with Gasteiger partial charge >= 0.3 is 5.97 Å². The number of nitrogens with zero attached hydrogens (tertiary/aromatic N) is 3. The summed E-state index contributed by atoms with van der Waals surface area (Å²) < 4.78 is 5.80. The van der Waals surface area contributed by atoms with Crippen molar-refractivity contribution in [3.63, 3.8) is 0 Å². The van der Waals surface area contributed by atoms with E-state index in [1.165, 1.54) is 18.4 Å². The number of benzene rings is 2. The van der Waals surface area contributed by atoms with Crippen LogP contribution in [0.2, 0.25) is 0 Å². The number of hydrogen-bond donors (Lipinski definition) is 3. The highest BCUT2D eigenvalue weighted by molar-refractivity contribution is 6.10. The Morgan fingerprint density at radius 1 is 1.05 bits per heavy atom. The fourth-order valence-electron chi connectivity index (χ4n) is 4.71. The number of nitriles is 1. The molecule has 0 radical (unpaired) electrons. The fraction of sp³-hybridized carbons (Fsp3) is 0.333. The molecule has 5 rings (SSSR count). The number of pyridine rings is 2. The summed E-state index contributed by atoms with van der Waals surface area (Å²) in [6, 6.07) is 15.5. The minimum atomic E-state index is -0.978. The number of hydrogen-bond acceptors (Lipinski definition) is 7. The smallest absolute Gasteiger partial charge is 0.335 e. The lowest BCUT2D eigenvalue weighted by Crippen LogP contribution is -2.16. The lowest BCUT2D eigenvalue weighted by molar-refractivity contribution is 0.0697. The molecule has 1 aliphatic rings. The first-order chi connectivity index (χ1) is 18.6. The Balaban J connectivity index is 1.03. The standard InChI is InChI=1S/C30H31N5O3/c31-17-23-15-20(3-7-24(23)21-4-5-21)18-32-10-1-2-13-38-14-12-34-29-26-9-11-33-19-27(26)25-8-6-22(30(36)37)16-28(25)35-29/h3,6-9,11,15-16,19,21,32H,1-2,4-5,10,12-14,18H2,(H,34,35)(H,36,37). The zero-order valence-electron chi connectivity index (χ0n) is 21.2. The molecule has 1 saturated carbocycles. The average Bonchev–Trinajstić information content (AvgIpc) is 3.79. The van der Waals surface area contributed by atoms with Gasteiger partial charge in [-0.3, -0.25) is 4.98 Å². The Morgan fingerprint density at radius 2 is 1.95 bits per heavy atom. The molecule has 0 unspecified atom stereocenters. The first kappa shape index (κ1) is 25.6. The third-order valence-corrected chi connectivity index (χ3v) is 6.86. The van der Waals surface area contributed by atoms with Crippen LogP contribution in [0.5, 0.6) is 0 Å². The third-order valence-electron chi connectivity index (χ3n) is 6.86. The van der Waals surface area contributed by atoms with Crippen molar-refractivity contribution in [3.8, 4) is 6.07 Å². The molecule has 0 atom stereocenters. The minimum absolute atomic E-state index is 0.204. The molecule has 2 aromatic carbocycles. The molecule has 0 saturated heterocycles. The van der Waals surface area contributed by atoms with E-state index in [0.717, 1.165) is 53.2 Å². The molecular formula is C30H31N5O3. The fourth-order valence-corrected chi connectivity index (χ4v) is 4.71. The Bertz CT molecular complexity index is 1490. The van der Waals surface area contributed by atoms with Gasteiger partial charge in [-0.25, -0.2) is 9.78 Å².